The Morgan fingerprint density at radius 2 is 1.89 bits per heavy atom. The standard InChI is InChI=1S/C27H27N5O3S/c1-31-10-12-32(13-11-31)20-7-4-18(5-8-20)28-17-24-22-9-6-19(15-23(22)26(34)30-27(24)35)29-25(33)16-21-3-2-14-36-21/h2-9,14-15,17H,10-13,16H2,1H3,(H,29,33)(H2,30,34,35). The molecule has 0 atom stereocenters. The average Bonchev–Trinajstić information content (AvgIpc) is 3.38. The van der Waals surface area contributed by atoms with E-state index in [2.05, 4.69) is 32.1 Å². The van der Waals surface area contributed by atoms with E-state index in [1.165, 1.54) is 11.3 Å². The topological polar surface area (TPSA) is 101 Å². The summed E-state index contributed by atoms with van der Waals surface area (Å²) in [6, 6.07) is 16.8. The molecular weight excluding hydrogens is 474 g/mol. The van der Waals surface area contributed by atoms with Crippen LogP contribution >= 0.6 is 11.3 Å². The molecule has 1 amide bonds. The number of rotatable bonds is 6. The number of thiophene rings is 1. The molecule has 3 N–H and O–H groups in total. The summed E-state index contributed by atoms with van der Waals surface area (Å²) in [6.45, 7) is 4.07. The van der Waals surface area contributed by atoms with Gasteiger partial charge < -0.3 is 20.2 Å². The van der Waals surface area contributed by atoms with Gasteiger partial charge in [0.2, 0.25) is 11.8 Å². The van der Waals surface area contributed by atoms with E-state index in [0.29, 0.717) is 22.0 Å². The number of H-pyrrole nitrogens is 1. The van der Waals surface area contributed by atoms with Crippen molar-refractivity contribution < 1.29 is 9.90 Å². The number of nitrogens with one attached hydrogen (secondary N) is 2. The molecule has 0 unspecified atom stereocenters. The summed E-state index contributed by atoms with van der Waals surface area (Å²) in [4.78, 5) is 37.6. The zero-order valence-corrected chi connectivity index (χ0v) is 20.7. The van der Waals surface area contributed by atoms with Crippen LogP contribution in [0.2, 0.25) is 0 Å². The van der Waals surface area contributed by atoms with Crippen LogP contribution in [0.1, 0.15) is 10.4 Å². The van der Waals surface area contributed by atoms with E-state index in [1.807, 2.05) is 41.8 Å². The van der Waals surface area contributed by atoms with Gasteiger partial charge in [-0.3, -0.25) is 19.6 Å². The molecule has 1 fully saturated rings. The maximum absolute atomic E-state index is 12.5. The van der Waals surface area contributed by atoms with Crippen LogP contribution in [0, 0.1) is 0 Å². The Morgan fingerprint density at radius 1 is 1.11 bits per heavy atom. The number of aromatic amines is 1. The average molecular weight is 502 g/mol. The summed E-state index contributed by atoms with van der Waals surface area (Å²) in [5.41, 5.74) is 2.38. The number of aliphatic imine (C=N–C) groups is 1. The summed E-state index contributed by atoms with van der Waals surface area (Å²) in [7, 11) is 2.13. The van der Waals surface area contributed by atoms with Crippen molar-refractivity contribution in [3.05, 3.63) is 80.8 Å². The lowest BCUT2D eigenvalue weighted by Gasteiger charge is -2.34. The van der Waals surface area contributed by atoms with E-state index in [4.69, 9.17) is 0 Å². The molecule has 36 heavy (non-hydrogen) atoms. The van der Waals surface area contributed by atoms with Crippen molar-refractivity contribution in [3.63, 3.8) is 0 Å². The van der Waals surface area contributed by atoms with Crippen molar-refractivity contribution in [1.29, 1.82) is 0 Å². The van der Waals surface area contributed by atoms with Gasteiger partial charge in [0.05, 0.1) is 17.7 Å². The van der Waals surface area contributed by atoms with Gasteiger partial charge >= 0.3 is 0 Å². The Balaban J connectivity index is 1.35. The maximum Gasteiger partial charge on any atom is 0.258 e. The molecule has 8 nitrogen and oxygen atoms in total. The van der Waals surface area contributed by atoms with Crippen LogP contribution in [-0.2, 0) is 11.2 Å². The molecule has 5 rings (SSSR count). The molecule has 1 aliphatic heterocycles. The van der Waals surface area contributed by atoms with Crippen LogP contribution in [-0.4, -0.2) is 60.3 Å². The van der Waals surface area contributed by atoms with Gasteiger partial charge in [0.25, 0.3) is 5.56 Å². The SMILES string of the molecule is CN1CCN(c2ccc(N=Cc3c(O)[nH]c(=O)c4cc(NC(=O)Cc5cccs5)ccc34)cc2)CC1. The number of hydrogen-bond acceptors (Lipinski definition) is 7. The number of benzene rings is 2. The molecule has 3 heterocycles. The summed E-state index contributed by atoms with van der Waals surface area (Å²) in [5, 5.41) is 16.1. The summed E-state index contributed by atoms with van der Waals surface area (Å²) in [6.07, 6.45) is 1.82. The molecule has 0 bridgehead atoms. The fraction of sp³-hybridized carbons (Fsp3) is 0.222. The van der Waals surface area contributed by atoms with Gasteiger partial charge in [0.15, 0.2) is 0 Å². The van der Waals surface area contributed by atoms with Crippen molar-refractivity contribution in [1.82, 2.24) is 9.88 Å². The molecule has 0 radical (unpaired) electrons. The summed E-state index contributed by atoms with van der Waals surface area (Å²) < 4.78 is 0. The number of hydrogen-bond donors (Lipinski definition) is 3. The lowest BCUT2D eigenvalue weighted by molar-refractivity contribution is -0.115. The molecule has 2 aromatic heterocycles. The zero-order chi connectivity index (χ0) is 25.1. The first-order chi connectivity index (χ1) is 17.5. The van der Waals surface area contributed by atoms with E-state index >= 15 is 0 Å². The third kappa shape index (κ3) is 5.32. The molecular formula is C27H27N5O3S. The number of fused-ring (bicyclic) bond motifs is 1. The third-order valence-corrected chi connectivity index (χ3v) is 7.18. The Morgan fingerprint density at radius 3 is 2.61 bits per heavy atom. The van der Waals surface area contributed by atoms with Crippen molar-refractivity contribution in [2.75, 3.05) is 43.4 Å². The number of anilines is 2. The van der Waals surface area contributed by atoms with Gasteiger partial charge in [-0.25, -0.2) is 0 Å². The second-order valence-corrected chi connectivity index (χ2v) is 9.88. The van der Waals surface area contributed by atoms with Crippen LogP contribution in [0.25, 0.3) is 10.8 Å². The second-order valence-electron chi connectivity index (χ2n) is 8.85. The fourth-order valence-corrected chi connectivity index (χ4v) is 4.98. The van der Waals surface area contributed by atoms with E-state index in [0.717, 1.165) is 42.4 Å². The molecule has 0 aliphatic carbocycles. The molecule has 9 heteroatoms. The van der Waals surface area contributed by atoms with Crippen LogP contribution in [0.15, 0.2) is 69.8 Å². The quantitative estimate of drug-likeness (QED) is 0.347. The van der Waals surface area contributed by atoms with Crippen molar-refractivity contribution in [2.45, 2.75) is 6.42 Å². The summed E-state index contributed by atoms with van der Waals surface area (Å²) in [5.74, 6) is -0.409. The first-order valence-electron chi connectivity index (χ1n) is 11.7. The van der Waals surface area contributed by atoms with E-state index in [1.54, 1.807) is 24.4 Å². The smallest absolute Gasteiger partial charge is 0.258 e. The van der Waals surface area contributed by atoms with Crippen LogP contribution in [0.5, 0.6) is 5.88 Å². The second kappa shape index (κ2) is 10.3. The number of aromatic hydroxyl groups is 1. The van der Waals surface area contributed by atoms with Gasteiger partial charge in [0, 0.05) is 59.4 Å². The first-order valence-corrected chi connectivity index (χ1v) is 12.6. The highest BCUT2D eigenvalue weighted by Crippen LogP contribution is 2.26. The minimum atomic E-state index is -0.439. The van der Waals surface area contributed by atoms with Gasteiger partial charge in [-0.05, 0) is 54.9 Å². The number of likely N-dealkylation sites (N-methyl/N-ethyl adjacent to an activating group) is 1. The number of pyridine rings is 1. The number of carbonyl (C=O) groups excluding carboxylic acids is 1. The van der Waals surface area contributed by atoms with Crippen molar-refractivity contribution in [3.8, 4) is 5.88 Å². The van der Waals surface area contributed by atoms with E-state index < -0.39 is 5.56 Å². The number of aromatic nitrogens is 1. The van der Waals surface area contributed by atoms with Crippen molar-refractivity contribution >= 4 is 51.3 Å². The fourth-order valence-electron chi connectivity index (χ4n) is 4.28. The highest BCUT2D eigenvalue weighted by molar-refractivity contribution is 7.10. The molecule has 4 aromatic rings. The molecule has 1 aliphatic rings. The third-order valence-electron chi connectivity index (χ3n) is 6.30. The Hall–Kier alpha value is -3.95. The Labute approximate surface area is 212 Å². The molecule has 0 saturated carbocycles. The van der Waals surface area contributed by atoms with Gasteiger partial charge in [-0.2, -0.15) is 0 Å². The molecule has 1 saturated heterocycles. The minimum Gasteiger partial charge on any atom is -0.494 e. The lowest BCUT2D eigenvalue weighted by Crippen LogP contribution is -2.44. The number of piperazine rings is 1. The van der Waals surface area contributed by atoms with E-state index in [-0.39, 0.29) is 18.2 Å². The Kier molecular flexibility index (Phi) is 6.84. The highest BCUT2D eigenvalue weighted by Gasteiger charge is 2.14. The number of amides is 1. The molecule has 0 spiro atoms. The number of nitrogens with zero attached hydrogens (tertiary/aromatic N) is 3. The Bertz CT molecular complexity index is 1450. The highest BCUT2D eigenvalue weighted by atomic mass is 32.1. The minimum absolute atomic E-state index is 0.159. The largest absolute Gasteiger partial charge is 0.494 e. The molecule has 184 valence electrons. The van der Waals surface area contributed by atoms with Gasteiger partial charge in [-0.15, -0.1) is 11.3 Å². The van der Waals surface area contributed by atoms with Gasteiger partial charge in [0.1, 0.15) is 0 Å². The predicted molar refractivity (Wildman–Crippen MR) is 146 cm³/mol. The van der Waals surface area contributed by atoms with Crippen molar-refractivity contribution in [2.24, 2.45) is 4.99 Å². The van der Waals surface area contributed by atoms with Crippen LogP contribution in [0.3, 0.4) is 0 Å². The van der Waals surface area contributed by atoms with E-state index in [9.17, 15) is 14.7 Å². The predicted octanol–water partition coefficient (Wildman–Crippen LogP) is 3.98. The maximum atomic E-state index is 12.5. The van der Waals surface area contributed by atoms with Crippen LogP contribution < -0.4 is 15.8 Å². The molecule has 2 aromatic carbocycles. The normalized spacial score (nSPS) is 14.5. The number of carbonyl (C=O) groups is 1. The van der Waals surface area contributed by atoms with Gasteiger partial charge in [-0.1, -0.05) is 12.1 Å². The summed E-state index contributed by atoms with van der Waals surface area (Å²) >= 11 is 1.52. The lowest BCUT2D eigenvalue weighted by atomic mass is 10.1. The zero-order valence-electron chi connectivity index (χ0n) is 19.9. The van der Waals surface area contributed by atoms with Crippen LogP contribution in [0.4, 0.5) is 17.1 Å². The monoisotopic (exact) mass is 501 g/mol. The first kappa shape index (κ1) is 23.8.